The predicted octanol–water partition coefficient (Wildman–Crippen LogP) is 3.86. The fraction of sp³-hybridized carbons (Fsp3) is 0.130. The van der Waals surface area contributed by atoms with Crippen molar-refractivity contribution in [2.75, 3.05) is 17.6 Å². The first-order valence-corrected chi connectivity index (χ1v) is 9.95. The zero-order chi connectivity index (χ0) is 20.5. The third kappa shape index (κ3) is 3.35. The largest absolute Gasteiger partial charge is 0.383 e. The van der Waals surface area contributed by atoms with E-state index in [4.69, 9.17) is 11.5 Å². The summed E-state index contributed by atoms with van der Waals surface area (Å²) in [6.45, 7) is 0.591. The molecule has 0 aliphatic carbocycles. The average Bonchev–Trinajstić information content (AvgIpc) is 3.38. The molecule has 0 atom stereocenters. The van der Waals surface area contributed by atoms with Gasteiger partial charge in [0.2, 0.25) is 5.95 Å². The minimum Gasteiger partial charge on any atom is -0.383 e. The number of fused-ring (bicyclic) bond motifs is 2. The molecule has 7 heteroatoms. The van der Waals surface area contributed by atoms with Crippen LogP contribution in [-0.2, 0) is 12.8 Å². The van der Waals surface area contributed by atoms with Crippen LogP contribution in [0, 0.1) is 0 Å². The second kappa shape index (κ2) is 7.53. The Labute approximate surface area is 173 Å². The van der Waals surface area contributed by atoms with Crippen molar-refractivity contribution >= 4 is 39.3 Å². The lowest BCUT2D eigenvalue weighted by Crippen LogP contribution is -2.05. The van der Waals surface area contributed by atoms with Gasteiger partial charge in [0, 0.05) is 47.0 Å². The quantitative estimate of drug-likeness (QED) is 0.298. The van der Waals surface area contributed by atoms with Crippen molar-refractivity contribution in [1.29, 1.82) is 0 Å². The Morgan fingerprint density at radius 3 is 2.80 bits per heavy atom. The van der Waals surface area contributed by atoms with Crippen molar-refractivity contribution in [3.8, 4) is 0 Å². The first-order chi connectivity index (χ1) is 14.7. The third-order valence-corrected chi connectivity index (χ3v) is 5.36. The number of anilines is 3. The molecule has 0 spiro atoms. The molecule has 0 fully saturated rings. The van der Waals surface area contributed by atoms with Crippen molar-refractivity contribution in [3.05, 3.63) is 77.7 Å². The molecule has 3 heterocycles. The maximum atomic E-state index is 6.27. The van der Waals surface area contributed by atoms with E-state index in [1.165, 1.54) is 16.5 Å². The number of aromatic nitrogens is 4. The zero-order valence-corrected chi connectivity index (χ0v) is 16.4. The van der Waals surface area contributed by atoms with Crippen LogP contribution in [0.5, 0.6) is 0 Å². The molecule has 7 nitrogen and oxygen atoms in total. The van der Waals surface area contributed by atoms with E-state index in [1.807, 2.05) is 30.6 Å². The molecule has 2 aromatic carbocycles. The molecule has 150 valence electrons. The normalized spacial score (nSPS) is 11.4. The summed E-state index contributed by atoms with van der Waals surface area (Å²) in [5.41, 5.74) is 18.4. The molecule has 3 aromatic heterocycles. The number of nitrogen functional groups attached to an aromatic ring is 1. The maximum Gasteiger partial charge on any atom is 0.229 e. The topological polar surface area (TPSA) is 121 Å². The lowest BCUT2D eigenvalue weighted by Gasteiger charge is -2.11. The number of benzene rings is 2. The summed E-state index contributed by atoms with van der Waals surface area (Å²) >= 11 is 0. The third-order valence-electron chi connectivity index (χ3n) is 5.36. The van der Waals surface area contributed by atoms with Gasteiger partial charge in [-0.05, 0) is 59.8 Å². The average molecular weight is 397 g/mol. The van der Waals surface area contributed by atoms with Crippen LogP contribution in [-0.4, -0.2) is 26.5 Å². The number of nitrogens with one attached hydrogen (secondary N) is 3. The highest BCUT2D eigenvalue weighted by Crippen LogP contribution is 2.29. The van der Waals surface area contributed by atoms with Gasteiger partial charge in [-0.1, -0.05) is 12.1 Å². The molecule has 0 amide bonds. The van der Waals surface area contributed by atoms with Crippen LogP contribution in [0.3, 0.4) is 0 Å². The molecule has 0 aliphatic rings. The van der Waals surface area contributed by atoms with Crippen LogP contribution in [0.2, 0.25) is 0 Å². The number of aromatic amines is 2. The van der Waals surface area contributed by atoms with Crippen LogP contribution >= 0.6 is 0 Å². The number of hydrogen-bond acceptors (Lipinski definition) is 5. The number of nitrogens with two attached hydrogens (primary N) is 2. The summed E-state index contributed by atoms with van der Waals surface area (Å²) in [7, 11) is 0. The van der Waals surface area contributed by atoms with Crippen molar-refractivity contribution in [2.24, 2.45) is 5.73 Å². The van der Waals surface area contributed by atoms with Crippen LogP contribution in [0.1, 0.15) is 16.7 Å². The lowest BCUT2D eigenvalue weighted by molar-refractivity contribution is 0.976. The maximum absolute atomic E-state index is 6.27. The molecule has 0 radical (unpaired) electrons. The molecule has 7 N–H and O–H groups in total. The summed E-state index contributed by atoms with van der Waals surface area (Å²) in [4.78, 5) is 15.5. The van der Waals surface area contributed by atoms with Gasteiger partial charge < -0.3 is 26.8 Å². The van der Waals surface area contributed by atoms with Crippen molar-refractivity contribution in [3.63, 3.8) is 0 Å². The minimum atomic E-state index is 0.477. The van der Waals surface area contributed by atoms with Gasteiger partial charge in [0.05, 0.1) is 5.69 Å². The van der Waals surface area contributed by atoms with Gasteiger partial charge in [0.15, 0.2) is 0 Å². The summed E-state index contributed by atoms with van der Waals surface area (Å²) in [5, 5.41) is 5.60. The first-order valence-electron chi connectivity index (χ1n) is 9.95. The number of H-pyrrole nitrogens is 2. The second-order valence-corrected chi connectivity index (χ2v) is 7.39. The fourth-order valence-corrected chi connectivity index (χ4v) is 3.88. The van der Waals surface area contributed by atoms with Crippen LogP contribution in [0.25, 0.3) is 21.8 Å². The summed E-state index contributed by atoms with van der Waals surface area (Å²) in [6, 6.07) is 14.4. The van der Waals surface area contributed by atoms with E-state index < -0.39 is 0 Å². The molecule has 0 unspecified atom stereocenters. The number of nitrogens with zero attached hydrogens (tertiary/aromatic N) is 2. The van der Waals surface area contributed by atoms with E-state index in [9.17, 15) is 0 Å². The van der Waals surface area contributed by atoms with Crippen molar-refractivity contribution in [1.82, 2.24) is 19.9 Å². The van der Waals surface area contributed by atoms with E-state index in [0.29, 0.717) is 24.7 Å². The van der Waals surface area contributed by atoms with Gasteiger partial charge in [0.1, 0.15) is 5.82 Å². The Kier molecular flexibility index (Phi) is 4.57. The molecule has 0 aliphatic heterocycles. The van der Waals surface area contributed by atoms with Gasteiger partial charge in [-0.2, -0.15) is 4.98 Å². The highest BCUT2D eigenvalue weighted by Gasteiger charge is 2.11. The van der Waals surface area contributed by atoms with Crippen LogP contribution in [0.4, 0.5) is 17.5 Å². The molecular weight excluding hydrogens is 374 g/mol. The lowest BCUT2D eigenvalue weighted by atomic mass is 10.1. The van der Waals surface area contributed by atoms with Gasteiger partial charge in [-0.3, -0.25) is 0 Å². The molecule has 0 bridgehead atoms. The van der Waals surface area contributed by atoms with E-state index in [-0.39, 0.29) is 0 Å². The number of hydrogen-bond donors (Lipinski definition) is 5. The molecular formula is C23H23N7. The van der Waals surface area contributed by atoms with E-state index in [2.05, 4.69) is 49.5 Å². The Morgan fingerprint density at radius 2 is 1.93 bits per heavy atom. The molecule has 5 aromatic rings. The summed E-state index contributed by atoms with van der Waals surface area (Å²) in [5.74, 6) is 0.954. The summed E-state index contributed by atoms with van der Waals surface area (Å²) in [6.07, 6.45) is 7.22. The highest BCUT2D eigenvalue weighted by molar-refractivity contribution is 5.96. The molecule has 30 heavy (non-hydrogen) atoms. The standard InChI is InChI=1S/C23H23N7/c24-8-6-16-12-27-19-2-1-3-20(21(16)19)29-23-28-13-17(22(25)30-23)11-14-4-5-18-15(10-14)7-9-26-18/h1-5,7,9-10,12-13,26-27H,6,8,11,24H2,(H3,25,28,29,30). The molecule has 0 saturated carbocycles. The van der Waals surface area contributed by atoms with Gasteiger partial charge in [0.25, 0.3) is 0 Å². The van der Waals surface area contributed by atoms with E-state index in [0.717, 1.165) is 34.1 Å². The van der Waals surface area contributed by atoms with Crippen molar-refractivity contribution in [2.45, 2.75) is 12.8 Å². The second-order valence-electron chi connectivity index (χ2n) is 7.39. The van der Waals surface area contributed by atoms with Gasteiger partial charge in [-0.15, -0.1) is 0 Å². The van der Waals surface area contributed by atoms with Gasteiger partial charge >= 0.3 is 0 Å². The number of rotatable bonds is 6. The Morgan fingerprint density at radius 1 is 1.00 bits per heavy atom. The Hall–Kier alpha value is -3.84. The first kappa shape index (κ1) is 18.2. The summed E-state index contributed by atoms with van der Waals surface area (Å²) < 4.78 is 0. The SMILES string of the molecule is NCCc1c[nH]c2cccc(Nc3ncc(Cc4ccc5[nH]ccc5c4)c(N)n3)c12. The van der Waals surface area contributed by atoms with E-state index in [1.54, 1.807) is 6.20 Å². The predicted molar refractivity (Wildman–Crippen MR) is 122 cm³/mol. The Bertz CT molecular complexity index is 1330. The Balaban J connectivity index is 1.41. The van der Waals surface area contributed by atoms with Crippen molar-refractivity contribution < 1.29 is 0 Å². The molecule has 0 saturated heterocycles. The van der Waals surface area contributed by atoms with E-state index >= 15 is 0 Å². The minimum absolute atomic E-state index is 0.477. The highest BCUT2D eigenvalue weighted by atomic mass is 15.1. The fourth-order valence-electron chi connectivity index (χ4n) is 3.88. The molecule has 5 rings (SSSR count). The van der Waals surface area contributed by atoms with Gasteiger partial charge in [-0.25, -0.2) is 4.98 Å². The van der Waals surface area contributed by atoms with Crippen LogP contribution < -0.4 is 16.8 Å². The monoisotopic (exact) mass is 397 g/mol. The zero-order valence-electron chi connectivity index (χ0n) is 16.4. The van der Waals surface area contributed by atoms with Crippen LogP contribution in [0.15, 0.2) is 61.1 Å². The smallest absolute Gasteiger partial charge is 0.229 e.